The van der Waals surface area contributed by atoms with Gasteiger partial charge in [-0.15, -0.1) is 0 Å². The van der Waals surface area contributed by atoms with Crippen LogP contribution in [0.3, 0.4) is 0 Å². The van der Waals surface area contributed by atoms with Gasteiger partial charge in [0.15, 0.2) is 0 Å². The Morgan fingerprint density at radius 1 is 0.606 bits per heavy atom. The molecule has 6 heteroatoms. The molecule has 0 N–H and O–H groups in total. The maximum atomic E-state index is 11.2. The van der Waals surface area contributed by atoms with Gasteiger partial charge in [0.25, 0.3) is 11.4 Å². The topological polar surface area (TPSA) is 86.3 Å². The minimum atomic E-state index is -0.589. The first-order valence-corrected chi connectivity index (χ1v) is 12.5. The van der Waals surface area contributed by atoms with Gasteiger partial charge in [-0.2, -0.15) is 0 Å². The summed E-state index contributed by atoms with van der Waals surface area (Å²) in [5.41, 5.74) is 1.91. The van der Waals surface area contributed by atoms with Crippen molar-refractivity contribution in [2.75, 3.05) is 0 Å². The Balaban J connectivity index is 1.72. The molecule has 0 heterocycles. The highest BCUT2D eigenvalue weighted by atomic mass is 16.6. The third-order valence-electron chi connectivity index (χ3n) is 6.15. The zero-order chi connectivity index (χ0) is 23.9. The van der Waals surface area contributed by atoms with E-state index in [1.165, 1.54) is 89.2 Å². The Hall–Kier alpha value is -2.76. The van der Waals surface area contributed by atoms with Gasteiger partial charge in [0.1, 0.15) is 0 Å². The van der Waals surface area contributed by atoms with Gasteiger partial charge in [-0.1, -0.05) is 108 Å². The summed E-state index contributed by atoms with van der Waals surface area (Å²) < 4.78 is 0. The van der Waals surface area contributed by atoms with E-state index in [9.17, 15) is 20.2 Å². The molecule has 0 radical (unpaired) electrons. The smallest absolute Gasteiger partial charge is 0.258 e. The zero-order valence-corrected chi connectivity index (χ0v) is 20.0. The quantitative estimate of drug-likeness (QED) is 0.136. The van der Waals surface area contributed by atoms with Gasteiger partial charge in [-0.05, 0) is 29.5 Å². The molecule has 0 spiro atoms. The molecule has 0 fully saturated rings. The molecular formula is C27H38N2O4. The van der Waals surface area contributed by atoms with Crippen LogP contribution in [0.15, 0.2) is 42.5 Å². The first-order valence-electron chi connectivity index (χ1n) is 12.5. The summed E-state index contributed by atoms with van der Waals surface area (Å²) in [6.07, 6.45) is 18.1. The molecule has 0 aromatic heterocycles. The Morgan fingerprint density at radius 2 is 1.09 bits per heavy atom. The minimum Gasteiger partial charge on any atom is -0.258 e. The fraction of sp³-hybridized carbons (Fsp3) is 0.556. The second kappa shape index (κ2) is 15.1. The van der Waals surface area contributed by atoms with Crippen LogP contribution in [0, 0.1) is 20.2 Å². The molecule has 0 aliphatic carbocycles. The molecule has 33 heavy (non-hydrogen) atoms. The third-order valence-corrected chi connectivity index (χ3v) is 6.15. The molecular weight excluding hydrogens is 416 g/mol. The van der Waals surface area contributed by atoms with Gasteiger partial charge in [0, 0.05) is 12.1 Å². The van der Waals surface area contributed by atoms with Crippen molar-refractivity contribution < 1.29 is 9.85 Å². The average molecular weight is 455 g/mol. The highest BCUT2D eigenvalue weighted by molar-refractivity contribution is 5.70. The van der Waals surface area contributed by atoms with E-state index in [1.807, 2.05) is 18.2 Å². The van der Waals surface area contributed by atoms with Crippen LogP contribution < -0.4 is 0 Å². The van der Waals surface area contributed by atoms with Gasteiger partial charge < -0.3 is 0 Å². The fourth-order valence-corrected chi connectivity index (χ4v) is 4.23. The minimum absolute atomic E-state index is 0.263. The summed E-state index contributed by atoms with van der Waals surface area (Å²) >= 11 is 0. The molecule has 0 aliphatic heterocycles. The third kappa shape index (κ3) is 10.1. The molecule has 180 valence electrons. The summed E-state index contributed by atoms with van der Waals surface area (Å²) in [7, 11) is 0. The summed E-state index contributed by atoms with van der Waals surface area (Å²) in [6.45, 7) is 2.26. The lowest BCUT2D eigenvalue weighted by atomic mass is 9.98. The van der Waals surface area contributed by atoms with Crippen molar-refractivity contribution in [3.05, 3.63) is 68.3 Å². The number of nitrogens with zero attached hydrogens (tertiary/aromatic N) is 2. The van der Waals surface area contributed by atoms with E-state index >= 15 is 0 Å². The molecule has 0 atom stereocenters. The van der Waals surface area contributed by atoms with Gasteiger partial charge in [0.05, 0.1) is 15.9 Å². The lowest BCUT2D eigenvalue weighted by Gasteiger charge is -2.07. The molecule has 2 aromatic rings. The Kier molecular flexibility index (Phi) is 12.2. The molecule has 6 nitrogen and oxygen atoms in total. The SMILES string of the molecule is CCCCCCCCCCCCCCCc1cccc(-c2cc([N+](=O)[O-])cc([N+](=O)[O-])c2)c1. The van der Waals surface area contributed by atoms with Crippen molar-refractivity contribution in [1.82, 2.24) is 0 Å². The van der Waals surface area contributed by atoms with Crippen molar-refractivity contribution >= 4 is 11.4 Å². The number of unbranched alkanes of at least 4 members (excludes halogenated alkanes) is 12. The van der Waals surface area contributed by atoms with Gasteiger partial charge in [0.2, 0.25) is 0 Å². The molecule has 2 aromatic carbocycles. The predicted octanol–water partition coefficient (Wildman–Crippen LogP) is 8.80. The van der Waals surface area contributed by atoms with Gasteiger partial charge in [-0.25, -0.2) is 0 Å². The van der Waals surface area contributed by atoms with Crippen LogP contribution in [0.5, 0.6) is 0 Å². The lowest BCUT2D eigenvalue weighted by molar-refractivity contribution is -0.394. The first-order chi connectivity index (χ1) is 16.0. The number of nitro groups is 2. The van der Waals surface area contributed by atoms with E-state index in [1.54, 1.807) is 0 Å². The molecule has 0 amide bonds. The van der Waals surface area contributed by atoms with Gasteiger partial charge in [-0.3, -0.25) is 20.2 Å². The molecule has 2 rings (SSSR count). The Labute approximate surface area is 197 Å². The molecule has 0 bridgehead atoms. The van der Waals surface area contributed by atoms with Crippen molar-refractivity contribution in [2.45, 2.75) is 96.8 Å². The van der Waals surface area contributed by atoms with E-state index in [-0.39, 0.29) is 11.4 Å². The first kappa shape index (κ1) is 26.5. The predicted molar refractivity (Wildman–Crippen MR) is 135 cm³/mol. The second-order valence-electron chi connectivity index (χ2n) is 8.95. The fourth-order valence-electron chi connectivity index (χ4n) is 4.23. The van der Waals surface area contributed by atoms with Crippen LogP contribution in [-0.4, -0.2) is 9.85 Å². The molecule has 0 unspecified atom stereocenters. The van der Waals surface area contributed by atoms with Crippen molar-refractivity contribution in [3.8, 4) is 11.1 Å². The second-order valence-corrected chi connectivity index (χ2v) is 8.95. The number of nitro benzene ring substituents is 2. The van der Waals surface area contributed by atoms with E-state index < -0.39 is 9.85 Å². The highest BCUT2D eigenvalue weighted by Gasteiger charge is 2.17. The standard InChI is InChI=1S/C27H38N2O4/c1-2-3-4-5-6-7-8-9-10-11-12-13-14-16-23-17-15-18-24(19-23)25-20-26(28(30)31)22-27(21-25)29(32)33/h15,17-22H,2-14,16H2,1H3. The number of hydrogen-bond acceptors (Lipinski definition) is 4. The normalized spacial score (nSPS) is 10.9. The van der Waals surface area contributed by atoms with E-state index in [4.69, 9.17) is 0 Å². The Bertz CT molecular complexity index is 850. The molecule has 0 saturated carbocycles. The molecule has 0 aliphatic rings. The van der Waals surface area contributed by atoms with Crippen molar-refractivity contribution in [2.24, 2.45) is 0 Å². The summed E-state index contributed by atoms with van der Waals surface area (Å²) in [5, 5.41) is 22.3. The number of non-ortho nitro benzene ring substituents is 2. The van der Waals surface area contributed by atoms with Crippen molar-refractivity contribution in [1.29, 1.82) is 0 Å². The average Bonchev–Trinajstić information content (AvgIpc) is 2.82. The van der Waals surface area contributed by atoms with Gasteiger partial charge >= 0.3 is 0 Å². The van der Waals surface area contributed by atoms with E-state index in [0.717, 1.165) is 30.0 Å². The van der Waals surface area contributed by atoms with E-state index in [2.05, 4.69) is 13.0 Å². The van der Waals surface area contributed by atoms with Crippen LogP contribution >= 0.6 is 0 Å². The van der Waals surface area contributed by atoms with Crippen molar-refractivity contribution in [3.63, 3.8) is 0 Å². The number of aryl methyl sites for hydroxylation is 1. The molecule has 0 saturated heterocycles. The number of rotatable bonds is 17. The van der Waals surface area contributed by atoms with E-state index in [0.29, 0.717) is 5.56 Å². The zero-order valence-electron chi connectivity index (χ0n) is 20.0. The maximum absolute atomic E-state index is 11.2. The number of hydrogen-bond donors (Lipinski definition) is 0. The van der Waals surface area contributed by atoms with Crippen LogP contribution in [0.25, 0.3) is 11.1 Å². The van der Waals surface area contributed by atoms with Crippen LogP contribution in [0.1, 0.15) is 96.0 Å². The Morgan fingerprint density at radius 3 is 1.58 bits per heavy atom. The summed E-state index contributed by atoms with van der Waals surface area (Å²) in [4.78, 5) is 21.1. The monoisotopic (exact) mass is 454 g/mol. The summed E-state index contributed by atoms with van der Waals surface area (Å²) in [6, 6.07) is 11.6. The van der Waals surface area contributed by atoms with Crippen LogP contribution in [0.2, 0.25) is 0 Å². The van der Waals surface area contributed by atoms with Crippen LogP contribution in [-0.2, 0) is 6.42 Å². The largest absolute Gasteiger partial charge is 0.276 e. The maximum Gasteiger partial charge on any atom is 0.276 e. The highest BCUT2D eigenvalue weighted by Crippen LogP contribution is 2.30. The lowest BCUT2D eigenvalue weighted by Crippen LogP contribution is -1.94. The van der Waals surface area contributed by atoms with Crippen LogP contribution in [0.4, 0.5) is 11.4 Å². The summed E-state index contributed by atoms with van der Waals surface area (Å²) in [5.74, 6) is 0. The number of benzene rings is 2.